The smallest absolute Gasteiger partial charge is 0.349 e. The zero-order chi connectivity index (χ0) is 27.3. The molecule has 0 amide bonds. The molecule has 0 N–H and O–H groups in total. The summed E-state index contributed by atoms with van der Waals surface area (Å²) in [6, 6.07) is 12.1. The molecule has 4 rings (SSSR count). The van der Waals surface area contributed by atoms with Crippen LogP contribution in [0.5, 0.6) is 0 Å². The second kappa shape index (κ2) is 9.16. The number of para-hydroxylation sites is 1. The summed E-state index contributed by atoms with van der Waals surface area (Å²) < 4.78 is 70.1. The van der Waals surface area contributed by atoms with Gasteiger partial charge in [0.15, 0.2) is 15.6 Å². The lowest BCUT2D eigenvalue weighted by molar-refractivity contribution is -0.138. The van der Waals surface area contributed by atoms with Crippen LogP contribution < -0.4 is 0 Å². The fourth-order valence-electron chi connectivity index (χ4n) is 4.34. The minimum atomic E-state index is -4.52. The first kappa shape index (κ1) is 26.7. The van der Waals surface area contributed by atoms with Gasteiger partial charge in [0.05, 0.1) is 28.2 Å². The van der Waals surface area contributed by atoms with E-state index in [1.165, 1.54) is 29.8 Å². The number of rotatable bonds is 6. The third-order valence-electron chi connectivity index (χ3n) is 6.42. The first-order chi connectivity index (χ1) is 17.1. The van der Waals surface area contributed by atoms with Gasteiger partial charge in [0.1, 0.15) is 11.4 Å². The number of hydrogen-bond donors (Lipinski definition) is 0. The van der Waals surface area contributed by atoms with Crippen LogP contribution in [0.2, 0.25) is 0 Å². The number of carbonyl (C=O) groups is 1. The van der Waals surface area contributed by atoms with Gasteiger partial charge in [0.25, 0.3) is 0 Å². The summed E-state index contributed by atoms with van der Waals surface area (Å²) in [4.78, 5) is 13.5. The Balaban J connectivity index is 1.75. The maximum Gasteiger partial charge on any atom is 0.416 e. The van der Waals surface area contributed by atoms with Gasteiger partial charge in [-0.2, -0.15) is 18.3 Å². The maximum absolute atomic E-state index is 13.5. The molecular formula is C27H28F3N3O3S. The SMILES string of the molecule is Cc1c(Cn2nc(C(C)(C)C)cc2C(=O)CS(=O)(=O)c2cccc3ccn(C)c23)cccc1C(F)(F)F. The number of nitrogens with zero attached hydrogens (tertiary/aromatic N) is 3. The van der Waals surface area contributed by atoms with Crippen molar-refractivity contribution in [2.45, 2.75) is 50.7 Å². The van der Waals surface area contributed by atoms with Crippen LogP contribution in [0.4, 0.5) is 13.2 Å². The summed E-state index contributed by atoms with van der Waals surface area (Å²) >= 11 is 0. The molecule has 0 spiro atoms. The first-order valence-corrected chi connectivity index (χ1v) is 13.3. The zero-order valence-electron chi connectivity index (χ0n) is 21.2. The van der Waals surface area contributed by atoms with E-state index in [2.05, 4.69) is 5.10 Å². The second-order valence-electron chi connectivity index (χ2n) is 10.2. The molecule has 0 fully saturated rings. The Kier molecular flexibility index (Phi) is 6.60. The monoisotopic (exact) mass is 531 g/mol. The van der Waals surface area contributed by atoms with Crippen molar-refractivity contribution in [2.75, 3.05) is 5.75 Å². The third kappa shape index (κ3) is 5.20. The molecule has 10 heteroatoms. The third-order valence-corrected chi connectivity index (χ3v) is 8.06. The van der Waals surface area contributed by atoms with Gasteiger partial charge in [0, 0.05) is 24.0 Å². The molecule has 0 aliphatic carbocycles. The molecule has 37 heavy (non-hydrogen) atoms. The molecular weight excluding hydrogens is 503 g/mol. The molecule has 0 atom stereocenters. The largest absolute Gasteiger partial charge is 0.416 e. The fourth-order valence-corrected chi connectivity index (χ4v) is 5.84. The van der Waals surface area contributed by atoms with E-state index in [0.29, 0.717) is 16.8 Å². The van der Waals surface area contributed by atoms with Gasteiger partial charge in [-0.1, -0.05) is 45.0 Å². The number of aryl methyl sites for hydroxylation is 1. The van der Waals surface area contributed by atoms with Crippen LogP contribution >= 0.6 is 0 Å². The minimum Gasteiger partial charge on any atom is -0.349 e. The average molecular weight is 532 g/mol. The molecule has 0 saturated heterocycles. The van der Waals surface area contributed by atoms with Crippen molar-refractivity contribution in [2.24, 2.45) is 7.05 Å². The molecule has 0 bridgehead atoms. The molecule has 0 aliphatic rings. The quantitative estimate of drug-likeness (QED) is 0.299. The number of alkyl halides is 3. The van der Waals surface area contributed by atoms with Crippen molar-refractivity contribution >= 4 is 26.5 Å². The number of aromatic nitrogens is 3. The van der Waals surface area contributed by atoms with Gasteiger partial charge in [-0.05, 0) is 42.3 Å². The topological polar surface area (TPSA) is 74.0 Å². The number of ketones is 1. The van der Waals surface area contributed by atoms with Crippen molar-refractivity contribution in [3.8, 4) is 0 Å². The van der Waals surface area contributed by atoms with Crippen LogP contribution in [0.15, 0.2) is 59.6 Å². The number of Topliss-reactive ketones (excluding diaryl/α,β-unsaturated/α-hetero) is 1. The first-order valence-electron chi connectivity index (χ1n) is 11.6. The summed E-state index contributed by atoms with van der Waals surface area (Å²) in [5, 5.41) is 5.24. The number of fused-ring (bicyclic) bond motifs is 1. The van der Waals surface area contributed by atoms with Crippen LogP contribution in [-0.2, 0) is 35.0 Å². The zero-order valence-corrected chi connectivity index (χ0v) is 22.0. The Labute approximate surface area is 213 Å². The number of hydrogen-bond acceptors (Lipinski definition) is 4. The molecule has 0 radical (unpaired) electrons. The van der Waals surface area contributed by atoms with Crippen molar-refractivity contribution < 1.29 is 26.4 Å². The Morgan fingerprint density at radius 1 is 1.03 bits per heavy atom. The van der Waals surface area contributed by atoms with Crippen LogP contribution in [-0.4, -0.2) is 34.3 Å². The van der Waals surface area contributed by atoms with Crippen LogP contribution in [0.25, 0.3) is 10.9 Å². The van der Waals surface area contributed by atoms with Gasteiger partial charge in [-0.15, -0.1) is 0 Å². The summed E-state index contributed by atoms with van der Waals surface area (Å²) in [6.45, 7) is 6.92. The molecule has 2 heterocycles. The lowest BCUT2D eigenvalue weighted by Gasteiger charge is -2.16. The fraction of sp³-hybridized carbons (Fsp3) is 0.333. The van der Waals surface area contributed by atoms with Gasteiger partial charge in [0.2, 0.25) is 0 Å². The summed E-state index contributed by atoms with van der Waals surface area (Å²) in [5.74, 6) is -1.48. The van der Waals surface area contributed by atoms with Crippen LogP contribution in [0, 0.1) is 6.92 Å². The number of carbonyl (C=O) groups excluding carboxylic acids is 1. The van der Waals surface area contributed by atoms with Crippen LogP contribution in [0.1, 0.15) is 53.6 Å². The van der Waals surface area contributed by atoms with E-state index < -0.39 is 38.5 Å². The predicted molar refractivity (Wildman–Crippen MR) is 136 cm³/mol. The van der Waals surface area contributed by atoms with Crippen LogP contribution in [0.3, 0.4) is 0 Å². The van der Waals surface area contributed by atoms with Crippen molar-refractivity contribution in [1.82, 2.24) is 14.3 Å². The average Bonchev–Trinajstić information content (AvgIpc) is 3.38. The van der Waals surface area contributed by atoms with E-state index in [4.69, 9.17) is 0 Å². The van der Waals surface area contributed by atoms with Crippen molar-refractivity contribution in [3.63, 3.8) is 0 Å². The van der Waals surface area contributed by atoms with E-state index in [0.717, 1.165) is 11.5 Å². The van der Waals surface area contributed by atoms with Crippen molar-refractivity contribution in [1.29, 1.82) is 0 Å². The maximum atomic E-state index is 13.5. The number of halogens is 3. The number of sulfone groups is 1. The summed E-state index contributed by atoms with van der Waals surface area (Å²) in [5.41, 5.74) is 0.189. The highest BCUT2D eigenvalue weighted by atomic mass is 32.2. The Morgan fingerprint density at radius 2 is 1.70 bits per heavy atom. The highest BCUT2D eigenvalue weighted by Gasteiger charge is 2.33. The molecule has 4 aromatic rings. The van der Waals surface area contributed by atoms with Gasteiger partial charge in [-0.25, -0.2) is 8.42 Å². The molecule has 0 saturated carbocycles. The summed E-state index contributed by atoms with van der Waals surface area (Å²) in [6.07, 6.45) is -2.78. The highest BCUT2D eigenvalue weighted by molar-refractivity contribution is 7.92. The molecule has 0 aliphatic heterocycles. The predicted octanol–water partition coefficient (Wildman–Crippen LogP) is 5.70. The minimum absolute atomic E-state index is 0.0317. The molecule has 6 nitrogen and oxygen atoms in total. The van der Waals surface area contributed by atoms with E-state index >= 15 is 0 Å². The Bertz CT molecular complexity index is 1610. The van der Waals surface area contributed by atoms with E-state index in [-0.39, 0.29) is 22.7 Å². The van der Waals surface area contributed by atoms with Gasteiger partial charge < -0.3 is 4.57 Å². The van der Waals surface area contributed by atoms with E-state index in [9.17, 15) is 26.4 Å². The van der Waals surface area contributed by atoms with E-state index in [1.807, 2.05) is 20.8 Å². The molecule has 0 unspecified atom stereocenters. The lowest BCUT2D eigenvalue weighted by Crippen LogP contribution is -2.21. The standard InChI is InChI=1S/C27H28F3N3O3S/c1-17-19(9-6-10-20(17)27(28,29)30)15-33-21(14-24(31-33)26(2,3)4)22(34)16-37(35,36)23-11-7-8-18-12-13-32(5)25(18)23/h6-14H,15-16H2,1-5H3. The van der Waals surface area contributed by atoms with Crippen molar-refractivity contribution in [3.05, 3.63) is 82.8 Å². The number of benzene rings is 2. The van der Waals surface area contributed by atoms with E-state index in [1.54, 1.807) is 42.1 Å². The summed E-state index contributed by atoms with van der Waals surface area (Å²) in [7, 11) is -2.31. The Morgan fingerprint density at radius 3 is 2.35 bits per heavy atom. The molecule has 196 valence electrons. The highest BCUT2D eigenvalue weighted by Crippen LogP contribution is 2.33. The van der Waals surface area contributed by atoms with Gasteiger partial charge >= 0.3 is 6.18 Å². The molecule has 2 aromatic heterocycles. The normalized spacial score (nSPS) is 12.9. The Hall–Kier alpha value is -3.40. The lowest BCUT2D eigenvalue weighted by atomic mass is 9.92. The second-order valence-corrected chi connectivity index (χ2v) is 12.2. The molecule has 2 aromatic carbocycles. The van der Waals surface area contributed by atoms with Gasteiger partial charge in [-0.3, -0.25) is 9.48 Å².